The second-order valence-corrected chi connectivity index (χ2v) is 4.54. The SMILES string of the molecule is Cn1ccnc1CCC1(CO)CCNC1. The van der Waals surface area contributed by atoms with Crippen molar-refractivity contribution in [3.05, 3.63) is 18.2 Å². The van der Waals surface area contributed by atoms with E-state index in [1.165, 1.54) is 0 Å². The summed E-state index contributed by atoms with van der Waals surface area (Å²) in [5.41, 5.74) is 0.0892. The van der Waals surface area contributed by atoms with Gasteiger partial charge in [-0.05, 0) is 19.4 Å². The molecule has 0 aromatic carbocycles. The van der Waals surface area contributed by atoms with Crippen molar-refractivity contribution in [3.8, 4) is 0 Å². The Balaban J connectivity index is 1.94. The first-order valence-electron chi connectivity index (χ1n) is 5.54. The minimum atomic E-state index is 0.0892. The van der Waals surface area contributed by atoms with Gasteiger partial charge in [0, 0.05) is 44.4 Å². The average Bonchev–Trinajstić information content (AvgIpc) is 2.85. The van der Waals surface area contributed by atoms with Crippen LogP contribution in [-0.4, -0.2) is 34.4 Å². The number of imidazole rings is 1. The molecule has 1 aromatic heterocycles. The van der Waals surface area contributed by atoms with Crippen LogP contribution in [0.3, 0.4) is 0 Å². The van der Waals surface area contributed by atoms with Gasteiger partial charge in [0.25, 0.3) is 0 Å². The second kappa shape index (κ2) is 4.33. The van der Waals surface area contributed by atoms with Crippen molar-refractivity contribution in [2.75, 3.05) is 19.7 Å². The molecule has 0 bridgehead atoms. The van der Waals surface area contributed by atoms with Crippen LogP contribution in [0.4, 0.5) is 0 Å². The fourth-order valence-corrected chi connectivity index (χ4v) is 2.24. The maximum Gasteiger partial charge on any atom is 0.108 e. The van der Waals surface area contributed by atoms with E-state index in [9.17, 15) is 5.11 Å². The first-order valence-corrected chi connectivity index (χ1v) is 5.54. The topological polar surface area (TPSA) is 50.1 Å². The molecule has 4 nitrogen and oxygen atoms in total. The van der Waals surface area contributed by atoms with E-state index < -0.39 is 0 Å². The minimum absolute atomic E-state index is 0.0892. The molecule has 2 heterocycles. The summed E-state index contributed by atoms with van der Waals surface area (Å²) in [6, 6.07) is 0. The van der Waals surface area contributed by atoms with E-state index in [2.05, 4.69) is 10.3 Å². The summed E-state index contributed by atoms with van der Waals surface area (Å²) in [4.78, 5) is 4.30. The van der Waals surface area contributed by atoms with E-state index in [4.69, 9.17) is 0 Å². The number of rotatable bonds is 4. The van der Waals surface area contributed by atoms with Crippen molar-refractivity contribution in [2.24, 2.45) is 12.5 Å². The number of hydrogen-bond donors (Lipinski definition) is 2. The second-order valence-electron chi connectivity index (χ2n) is 4.54. The van der Waals surface area contributed by atoms with Gasteiger partial charge in [-0.25, -0.2) is 4.98 Å². The molecule has 1 unspecified atom stereocenters. The molecule has 0 amide bonds. The number of nitrogens with one attached hydrogen (secondary N) is 1. The zero-order chi connectivity index (χ0) is 10.7. The molecule has 1 aliphatic rings. The summed E-state index contributed by atoms with van der Waals surface area (Å²) in [7, 11) is 2.01. The molecular formula is C11H19N3O. The summed E-state index contributed by atoms with van der Waals surface area (Å²) in [5.74, 6) is 1.11. The molecule has 4 heteroatoms. The number of aliphatic hydroxyl groups excluding tert-OH is 1. The lowest BCUT2D eigenvalue weighted by Crippen LogP contribution is -2.29. The largest absolute Gasteiger partial charge is 0.396 e. The third-order valence-corrected chi connectivity index (χ3v) is 3.47. The lowest BCUT2D eigenvalue weighted by Gasteiger charge is -2.25. The van der Waals surface area contributed by atoms with Crippen molar-refractivity contribution in [3.63, 3.8) is 0 Å². The smallest absolute Gasteiger partial charge is 0.108 e. The van der Waals surface area contributed by atoms with Crippen LogP contribution >= 0.6 is 0 Å². The molecule has 0 spiro atoms. The van der Waals surface area contributed by atoms with Crippen LogP contribution in [0.1, 0.15) is 18.7 Å². The highest BCUT2D eigenvalue weighted by Crippen LogP contribution is 2.30. The minimum Gasteiger partial charge on any atom is -0.396 e. The van der Waals surface area contributed by atoms with Gasteiger partial charge in [0.05, 0.1) is 0 Å². The van der Waals surface area contributed by atoms with Crippen molar-refractivity contribution >= 4 is 0 Å². The highest BCUT2D eigenvalue weighted by Gasteiger charge is 2.32. The zero-order valence-electron chi connectivity index (χ0n) is 9.24. The van der Waals surface area contributed by atoms with E-state index >= 15 is 0 Å². The van der Waals surface area contributed by atoms with Gasteiger partial charge in [-0.3, -0.25) is 0 Å². The third-order valence-electron chi connectivity index (χ3n) is 3.47. The number of nitrogens with zero attached hydrogens (tertiary/aromatic N) is 2. The maximum absolute atomic E-state index is 9.45. The van der Waals surface area contributed by atoms with Crippen LogP contribution < -0.4 is 5.32 Å². The first-order chi connectivity index (χ1) is 7.26. The zero-order valence-corrected chi connectivity index (χ0v) is 9.24. The summed E-state index contributed by atoms with van der Waals surface area (Å²) in [6.45, 7) is 2.25. The Hall–Kier alpha value is -0.870. The fraction of sp³-hybridized carbons (Fsp3) is 0.727. The lowest BCUT2D eigenvalue weighted by molar-refractivity contribution is 0.133. The van der Waals surface area contributed by atoms with Gasteiger partial charge in [-0.2, -0.15) is 0 Å². The van der Waals surface area contributed by atoms with E-state index in [0.717, 1.165) is 38.2 Å². The van der Waals surface area contributed by atoms with E-state index in [-0.39, 0.29) is 12.0 Å². The number of hydrogen-bond acceptors (Lipinski definition) is 3. The molecule has 0 aliphatic carbocycles. The van der Waals surface area contributed by atoms with Crippen LogP contribution in [0, 0.1) is 5.41 Å². The molecule has 1 aliphatic heterocycles. The van der Waals surface area contributed by atoms with E-state index in [0.29, 0.717) is 0 Å². The monoisotopic (exact) mass is 209 g/mol. The van der Waals surface area contributed by atoms with Crippen molar-refractivity contribution < 1.29 is 5.11 Å². The van der Waals surface area contributed by atoms with Crippen LogP contribution in [0.25, 0.3) is 0 Å². The van der Waals surface area contributed by atoms with Crippen molar-refractivity contribution in [1.29, 1.82) is 0 Å². The molecule has 1 fully saturated rings. The van der Waals surface area contributed by atoms with Crippen molar-refractivity contribution in [1.82, 2.24) is 14.9 Å². The van der Waals surface area contributed by atoms with Gasteiger partial charge in [0.1, 0.15) is 5.82 Å². The Morgan fingerprint density at radius 3 is 3.07 bits per heavy atom. The Bertz CT molecular complexity index is 315. The Morgan fingerprint density at radius 1 is 1.67 bits per heavy atom. The van der Waals surface area contributed by atoms with Gasteiger partial charge in [0.2, 0.25) is 0 Å². The van der Waals surface area contributed by atoms with Gasteiger partial charge < -0.3 is 15.0 Å². The fourth-order valence-electron chi connectivity index (χ4n) is 2.24. The predicted molar refractivity (Wildman–Crippen MR) is 58.5 cm³/mol. The van der Waals surface area contributed by atoms with E-state index in [1.54, 1.807) is 0 Å². The summed E-state index contributed by atoms with van der Waals surface area (Å²) in [6.07, 6.45) is 6.84. The lowest BCUT2D eigenvalue weighted by atomic mass is 9.83. The average molecular weight is 209 g/mol. The Labute approximate surface area is 90.3 Å². The van der Waals surface area contributed by atoms with Gasteiger partial charge >= 0.3 is 0 Å². The molecule has 84 valence electrons. The summed E-state index contributed by atoms with van der Waals surface area (Å²) < 4.78 is 2.05. The number of aliphatic hydroxyl groups is 1. The van der Waals surface area contributed by atoms with Crippen LogP contribution in [-0.2, 0) is 13.5 Å². The highest BCUT2D eigenvalue weighted by molar-refractivity contribution is 4.95. The number of aromatic nitrogens is 2. The molecule has 2 rings (SSSR count). The first kappa shape index (κ1) is 10.6. The molecule has 1 atom stereocenters. The molecule has 15 heavy (non-hydrogen) atoms. The van der Waals surface area contributed by atoms with Gasteiger partial charge in [0.15, 0.2) is 0 Å². The van der Waals surface area contributed by atoms with Crippen LogP contribution in [0.2, 0.25) is 0 Å². The third kappa shape index (κ3) is 2.21. The molecule has 2 N–H and O–H groups in total. The van der Waals surface area contributed by atoms with Crippen LogP contribution in [0.15, 0.2) is 12.4 Å². The summed E-state index contributed by atoms with van der Waals surface area (Å²) in [5, 5.41) is 12.8. The van der Waals surface area contributed by atoms with Crippen LogP contribution in [0.5, 0.6) is 0 Å². The van der Waals surface area contributed by atoms with Gasteiger partial charge in [-0.15, -0.1) is 0 Å². The van der Waals surface area contributed by atoms with Gasteiger partial charge in [-0.1, -0.05) is 0 Å². The van der Waals surface area contributed by atoms with Crippen molar-refractivity contribution in [2.45, 2.75) is 19.3 Å². The molecule has 1 saturated heterocycles. The number of aryl methyl sites for hydroxylation is 2. The molecule has 1 aromatic rings. The highest BCUT2D eigenvalue weighted by atomic mass is 16.3. The molecular weight excluding hydrogens is 190 g/mol. The standard InChI is InChI=1S/C11H19N3O/c1-14-7-6-13-10(14)2-3-11(9-15)4-5-12-8-11/h6-7,12,15H,2-5,8-9H2,1H3. The summed E-state index contributed by atoms with van der Waals surface area (Å²) >= 11 is 0. The quantitative estimate of drug-likeness (QED) is 0.751. The maximum atomic E-state index is 9.45. The molecule has 0 saturated carbocycles. The van der Waals surface area contributed by atoms with E-state index in [1.807, 2.05) is 24.0 Å². The Morgan fingerprint density at radius 2 is 2.53 bits per heavy atom. The predicted octanol–water partition coefficient (Wildman–Crippen LogP) is 0.325. The normalized spacial score (nSPS) is 26.0. The molecule has 0 radical (unpaired) electrons. The Kier molecular flexibility index (Phi) is 3.07.